The molecule has 0 saturated heterocycles. The summed E-state index contributed by atoms with van der Waals surface area (Å²) in [5.74, 6) is 0.400. The van der Waals surface area contributed by atoms with E-state index in [9.17, 15) is 0 Å². The molecule has 0 saturated carbocycles. The summed E-state index contributed by atoms with van der Waals surface area (Å²) in [4.78, 5) is 3.87. The molecule has 0 aromatic heterocycles. The van der Waals surface area contributed by atoms with Crippen molar-refractivity contribution < 1.29 is 0 Å². The van der Waals surface area contributed by atoms with Gasteiger partial charge in [-0.1, -0.05) is 159 Å². The third-order valence-corrected chi connectivity index (χ3v) is 12.6. The van der Waals surface area contributed by atoms with Crippen molar-refractivity contribution in [2.45, 2.75) is 35.3 Å². The predicted molar refractivity (Wildman–Crippen MR) is 218 cm³/mol. The first kappa shape index (κ1) is 30.3. The molecule has 0 amide bonds. The van der Waals surface area contributed by atoms with Crippen LogP contribution >= 0.6 is 11.8 Å². The molecule has 10 rings (SSSR count). The summed E-state index contributed by atoms with van der Waals surface area (Å²) in [5.41, 5.74) is 15.4. The largest absolute Gasteiger partial charge is 0.309 e. The molecule has 244 valence electrons. The van der Waals surface area contributed by atoms with Gasteiger partial charge in [-0.2, -0.15) is 0 Å². The second kappa shape index (κ2) is 11.8. The van der Waals surface area contributed by atoms with Crippen molar-refractivity contribution >= 4 is 39.6 Å². The second-order valence-electron chi connectivity index (χ2n) is 14.4. The SMILES string of the molecule is CC1(C)c2ccccc2-c2ccc(N(c3ccc(-c4ccc5ccccc5c4-c4ccccc4)cc3)c3cccc4c3SC3C=CC=CC43)cc21. The Balaban J connectivity index is 1.14. The molecule has 7 aromatic carbocycles. The molecule has 51 heavy (non-hydrogen) atoms. The summed E-state index contributed by atoms with van der Waals surface area (Å²) in [7, 11) is 0. The lowest BCUT2D eigenvalue weighted by atomic mass is 9.82. The second-order valence-corrected chi connectivity index (χ2v) is 15.6. The molecule has 1 nitrogen and oxygen atoms in total. The Hall–Kier alpha value is -5.57. The standard InChI is InChI=1S/C49H37NS/c1-49(2)43-20-10-8-17-39(43)40-30-28-36(31-44(40)49)50(45-21-12-19-42-41-18-9-11-22-46(41)51-48(42)45)35-26-23-33(24-27-35)38-29-25-32-13-6-7-16-37(32)47(38)34-14-4-3-5-15-34/h3-31,41,46H,1-2H3. The molecular formula is C49H37NS. The minimum Gasteiger partial charge on any atom is -0.309 e. The van der Waals surface area contributed by atoms with Gasteiger partial charge in [-0.15, -0.1) is 11.8 Å². The van der Waals surface area contributed by atoms with Crippen LogP contribution in [0.2, 0.25) is 0 Å². The van der Waals surface area contributed by atoms with E-state index < -0.39 is 0 Å². The average molecular weight is 672 g/mol. The maximum Gasteiger partial charge on any atom is 0.0600 e. The molecule has 0 spiro atoms. The fourth-order valence-electron chi connectivity index (χ4n) is 8.70. The van der Waals surface area contributed by atoms with Crippen LogP contribution in [0.4, 0.5) is 17.1 Å². The number of nitrogens with zero attached hydrogens (tertiary/aromatic N) is 1. The topological polar surface area (TPSA) is 3.24 Å². The van der Waals surface area contributed by atoms with E-state index in [0.29, 0.717) is 11.2 Å². The Kier molecular flexibility index (Phi) is 6.98. The number of benzene rings is 7. The van der Waals surface area contributed by atoms with Crippen LogP contribution in [0.25, 0.3) is 44.2 Å². The monoisotopic (exact) mass is 671 g/mol. The molecule has 2 heteroatoms. The van der Waals surface area contributed by atoms with Gasteiger partial charge in [0.25, 0.3) is 0 Å². The summed E-state index contributed by atoms with van der Waals surface area (Å²) in [6.45, 7) is 4.74. The quantitative estimate of drug-likeness (QED) is 0.179. The highest BCUT2D eigenvalue weighted by Crippen LogP contribution is 2.55. The fraction of sp³-hybridized carbons (Fsp3) is 0.102. The van der Waals surface area contributed by atoms with Gasteiger partial charge in [0.15, 0.2) is 0 Å². The zero-order chi connectivity index (χ0) is 34.1. The molecular weight excluding hydrogens is 635 g/mol. The van der Waals surface area contributed by atoms with E-state index in [1.165, 1.54) is 77.1 Å². The first-order valence-electron chi connectivity index (χ1n) is 17.9. The zero-order valence-corrected chi connectivity index (χ0v) is 29.6. The molecule has 3 aliphatic rings. The molecule has 1 heterocycles. The molecule has 2 atom stereocenters. The van der Waals surface area contributed by atoms with Crippen LogP contribution in [0.5, 0.6) is 0 Å². The molecule has 0 fully saturated rings. The molecule has 7 aromatic rings. The first-order chi connectivity index (χ1) is 25.1. The van der Waals surface area contributed by atoms with E-state index in [2.05, 4.69) is 195 Å². The lowest BCUT2D eigenvalue weighted by Gasteiger charge is -2.29. The van der Waals surface area contributed by atoms with Gasteiger partial charge in [-0.3, -0.25) is 0 Å². The Morgan fingerprint density at radius 3 is 2.16 bits per heavy atom. The third-order valence-electron chi connectivity index (χ3n) is 11.2. The van der Waals surface area contributed by atoms with Gasteiger partial charge < -0.3 is 4.90 Å². The van der Waals surface area contributed by atoms with Gasteiger partial charge in [0, 0.05) is 32.9 Å². The molecule has 0 bridgehead atoms. The van der Waals surface area contributed by atoms with Crippen molar-refractivity contribution in [1.29, 1.82) is 0 Å². The summed E-state index contributed by atoms with van der Waals surface area (Å²) in [6.07, 6.45) is 9.14. The maximum atomic E-state index is 2.50. The lowest BCUT2D eigenvalue weighted by Crippen LogP contribution is -2.17. The van der Waals surface area contributed by atoms with Crippen LogP contribution < -0.4 is 4.90 Å². The van der Waals surface area contributed by atoms with Crippen molar-refractivity contribution in [2.24, 2.45) is 0 Å². The van der Waals surface area contributed by atoms with Gasteiger partial charge in [0.05, 0.1) is 5.69 Å². The number of hydrogen-bond acceptors (Lipinski definition) is 2. The normalized spacial score (nSPS) is 17.5. The van der Waals surface area contributed by atoms with E-state index in [1.807, 2.05) is 11.8 Å². The third kappa shape index (κ3) is 4.77. The fourth-order valence-corrected chi connectivity index (χ4v) is 10.1. The van der Waals surface area contributed by atoms with E-state index in [0.717, 1.165) is 5.69 Å². The van der Waals surface area contributed by atoms with Crippen molar-refractivity contribution in [2.75, 3.05) is 4.90 Å². The summed E-state index contributed by atoms with van der Waals surface area (Å²) < 4.78 is 0. The first-order valence-corrected chi connectivity index (χ1v) is 18.8. The van der Waals surface area contributed by atoms with Crippen LogP contribution in [0, 0.1) is 0 Å². The predicted octanol–water partition coefficient (Wildman–Crippen LogP) is 13.6. The van der Waals surface area contributed by atoms with Crippen LogP contribution in [0.1, 0.15) is 36.5 Å². The van der Waals surface area contributed by atoms with Crippen LogP contribution in [0.3, 0.4) is 0 Å². The minimum absolute atomic E-state index is 0.0840. The van der Waals surface area contributed by atoms with Gasteiger partial charge >= 0.3 is 0 Å². The van der Waals surface area contributed by atoms with E-state index >= 15 is 0 Å². The van der Waals surface area contributed by atoms with Crippen molar-refractivity contribution in [3.05, 3.63) is 193 Å². The van der Waals surface area contributed by atoms with Crippen molar-refractivity contribution in [3.8, 4) is 33.4 Å². The Morgan fingerprint density at radius 1 is 0.549 bits per heavy atom. The van der Waals surface area contributed by atoms with E-state index in [4.69, 9.17) is 0 Å². The van der Waals surface area contributed by atoms with E-state index in [-0.39, 0.29) is 5.41 Å². The van der Waals surface area contributed by atoms with Crippen molar-refractivity contribution in [3.63, 3.8) is 0 Å². The summed E-state index contributed by atoms with van der Waals surface area (Å²) in [6, 6.07) is 56.3. The van der Waals surface area contributed by atoms with Gasteiger partial charge in [0.1, 0.15) is 0 Å². The molecule has 2 unspecified atom stereocenters. The highest BCUT2D eigenvalue weighted by Gasteiger charge is 2.37. The lowest BCUT2D eigenvalue weighted by molar-refractivity contribution is 0.660. The van der Waals surface area contributed by atoms with Gasteiger partial charge in [0.2, 0.25) is 0 Å². The number of allylic oxidation sites excluding steroid dienone is 3. The number of hydrogen-bond donors (Lipinski definition) is 0. The number of thioether (sulfide) groups is 1. The number of anilines is 3. The summed E-state index contributed by atoms with van der Waals surface area (Å²) >= 11 is 2.00. The molecule has 0 radical (unpaired) electrons. The van der Waals surface area contributed by atoms with Crippen LogP contribution in [0.15, 0.2) is 181 Å². The Bertz CT molecular complexity index is 2540. The number of fused-ring (bicyclic) bond motifs is 7. The van der Waals surface area contributed by atoms with Crippen LogP contribution in [-0.2, 0) is 5.41 Å². The van der Waals surface area contributed by atoms with Gasteiger partial charge in [-0.25, -0.2) is 0 Å². The highest BCUT2D eigenvalue weighted by molar-refractivity contribution is 8.00. The molecule has 2 aliphatic carbocycles. The van der Waals surface area contributed by atoms with Gasteiger partial charge in [-0.05, 0) is 91.2 Å². The Labute approximate surface area is 304 Å². The number of rotatable bonds is 5. The maximum absolute atomic E-state index is 2.50. The van der Waals surface area contributed by atoms with Crippen molar-refractivity contribution in [1.82, 2.24) is 0 Å². The molecule has 1 aliphatic heterocycles. The smallest absolute Gasteiger partial charge is 0.0600 e. The molecule has 0 N–H and O–H groups in total. The van der Waals surface area contributed by atoms with Crippen LogP contribution in [-0.4, -0.2) is 5.25 Å². The minimum atomic E-state index is -0.0840. The Morgan fingerprint density at radius 2 is 1.27 bits per heavy atom. The highest BCUT2D eigenvalue weighted by atomic mass is 32.2. The average Bonchev–Trinajstić information content (AvgIpc) is 3.68. The van der Waals surface area contributed by atoms with E-state index in [1.54, 1.807) is 0 Å². The zero-order valence-electron chi connectivity index (χ0n) is 28.8. The summed E-state index contributed by atoms with van der Waals surface area (Å²) in [5, 5.41) is 2.95.